The van der Waals surface area contributed by atoms with Gasteiger partial charge in [0.15, 0.2) is 5.76 Å². The van der Waals surface area contributed by atoms with Gasteiger partial charge >= 0.3 is 0 Å². The molecular weight excluding hydrogens is 273 g/mol. The van der Waals surface area contributed by atoms with Crippen LogP contribution >= 0.6 is 23.2 Å². The molecule has 1 heterocycles. The van der Waals surface area contributed by atoms with Crippen molar-refractivity contribution in [3.05, 3.63) is 57.5 Å². The average molecular weight is 284 g/mol. The van der Waals surface area contributed by atoms with Crippen molar-refractivity contribution in [3.63, 3.8) is 0 Å². The van der Waals surface area contributed by atoms with E-state index < -0.39 is 0 Å². The molecule has 0 fully saturated rings. The quantitative estimate of drug-likeness (QED) is 0.874. The number of halogens is 2. The van der Waals surface area contributed by atoms with E-state index in [4.69, 9.17) is 33.4 Å². The van der Waals surface area contributed by atoms with Crippen LogP contribution in [0.1, 0.15) is 21.9 Å². The van der Waals surface area contributed by atoms with Gasteiger partial charge < -0.3 is 10.2 Å². The van der Waals surface area contributed by atoms with Gasteiger partial charge in [-0.05, 0) is 29.8 Å². The molecule has 0 atom stereocenters. The second-order valence-electron chi connectivity index (χ2n) is 3.82. The maximum Gasteiger partial charge on any atom is 0.202 e. The lowest BCUT2D eigenvalue weighted by Gasteiger charge is -2.01. The van der Waals surface area contributed by atoms with Gasteiger partial charge in [0.25, 0.3) is 0 Å². The summed E-state index contributed by atoms with van der Waals surface area (Å²) in [5, 5.41) is 0.903. The summed E-state index contributed by atoms with van der Waals surface area (Å²) in [4.78, 5) is 11.9. The Balaban J connectivity index is 2.13. The van der Waals surface area contributed by atoms with Gasteiger partial charge in [0.05, 0.1) is 16.6 Å². The molecule has 0 unspecified atom stereocenters. The highest BCUT2D eigenvalue weighted by molar-refractivity contribution is 6.42. The Labute approximate surface area is 114 Å². The van der Waals surface area contributed by atoms with Crippen LogP contribution < -0.4 is 5.73 Å². The highest BCUT2D eigenvalue weighted by Crippen LogP contribution is 2.23. The monoisotopic (exact) mass is 283 g/mol. The second-order valence-corrected chi connectivity index (χ2v) is 4.63. The van der Waals surface area contributed by atoms with Crippen molar-refractivity contribution in [2.24, 2.45) is 5.73 Å². The standard InChI is InChI=1S/C13H11Cl2NO2/c14-10-3-1-8(5-11(10)15)6-12(17)13-4-2-9(7-16)18-13/h1-5H,6-7,16H2. The van der Waals surface area contributed by atoms with Crippen molar-refractivity contribution < 1.29 is 9.21 Å². The molecule has 1 aromatic heterocycles. The fourth-order valence-electron chi connectivity index (χ4n) is 1.56. The van der Waals surface area contributed by atoms with E-state index in [1.807, 2.05) is 0 Å². The number of benzene rings is 1. The molecule has 3 nitrogen and oxygen atoms in total. The fraction of sp³-hybridized carbons (Fsp3) is 0.154. The number of nitrogens with two attached hydrogens (primary N) is 1. The van der Waals surface area contributed by atoms with Crippen molar-refractivity contribution in [1.29, 1.82) is 0 Å². The third kappa shape index (κ3) is 2.93. The predicted molar refractivity (Wildman–Crippen MR) is 71.1 cm³/mol. The van der Waals surface area contributed by atoms with E-state index in [-0.39, 0.29) is 18.7 Å². The summed E-state index contributed by atoms with van der Waals surface area (Å²) < 4.78 is 5.29. The lowest BCUT2D eigenvalue weighted by atomic mass is 10.1. The normalized spacial score (nSPS) is 10.6. The summed E-state index contributed by atoms with van der Waals surface area (Å²) in [6, 6.07) is 8.43. The molecular formula is C13H11Cl2NO2. The van der Waals surface area contributed by atoms with Gasteiger partial charge in [0, 0.05) is 6.42 Å². The molecule has 0 aliphatic carbocycles. The lowest BCUT2D eigenvalue weighted by molar-refractivity contribution is 0.0964. The SMILES string of the molecule is NCc1ccc(C(=O)Cc2ccc(Cl)c(Cl)c2)o1. The van der Waals surface area contributed by atoms with E-state index >= 15 is 0 Å². The summed E-state index contributed by atoms with van der Waals surface area (Å²) in [6.45, 7) is 0.278. The molecule has 2 aromatic rings. The Hall–Kier alpha value is -1.29. The van der Waals surface area contributed by atoms with E-state index in [2.05, 4.69) is 0 Å². The Morgan fingerprint density at radius 1 is 1.17 bits per heavy atom. The first kappa shape index (κ1) is 13.1. The van der Waals surface area contributed by atoms with Gasteiger partial charge in [-0.2, -0.15) is 0 Å². The van der Waals surface area contributed by atoms with Crippen LogP contribution in [0.25, 0.3) is 0 Å². The molecule has 0 saturated carbocycles. The molecule has 0 amide bonds. The molecule has 5 heteroatoms. The summed E-state index contributed by atoms with van der Waals surface area (Å²) in [7, 11) is 0. The van der Waals surface area contributed by atoms with Crippen LogP contribution in [-0.4, -0.2) is 5.78 Å². The van der Waals surface area contributed by atoms with Crippen LogP contribution in [-0.2, 0) is 13.0 Å². The summed E-state index contributed by atoms with van der Waals surface area (Å²) in [5.41, 5.74) is 6.21. The third-order valence-corrected chi connectivity index (χ3v) is 3.23. The summed E-state index contributed by atoms with van der Waals surface area (Å²) in [5.74, 6) is 0.780. The minimum atomic E-state index is -0.118. The topological polar surface area (TPSA) is 56.2 Å². The summed E-state index contributed by atoms with van der Waals surface area (Å²) in [6.07, 6.45) is 0.217. The first-order chi connectivity index (χ1) is 8.60. The van der Waals surface area contributed by atoms with E-state index in [9.17, 15) is 4.79 Å². The van der Waals surface area contributed by atoms with Crippen molar-refractivity contribution in [2.45, 2.75) is 13.0 Å². The molecule has 94 valence electrons. The van der Waals surface area contributed by atoms with Crippen LogP contribution in [0.2, 0.25) is 10.0 Å². The van der Waals surface area contributed by atoms with Gasteiger partial charge in [0.2, 0.25) is 5.78 Å². The zero-order valence-corrected chi connectivity index (χ0v) is 11.0. The molecule has 18 heavy (non-hydrogen) atoms. The molecule has 2 N–H and O–H groups in total. The molecule has 0 aliphatic heterocycles. The van der Waals surface area contributed by atoms with Gasteiger partial charge in [-0.3, -0.25) is 4.79 Å². The lowest BCUT2D eigenvalue weighted by Crippen LogP contribution is -2.02. The number of furan rings is 1. The number of carbonyl (C=O) groups excluding carboxylic acids is 1. The molecule has 0 radical (unpaired) electrons. The molecule has 1 aromatic carbocycles. The first-order valence-corrected chi connectivity index (χ1v) is 6.11. The van der Waals surface area contributed by atoms with Gasteiger partial charge in [-0.15, -0.1) is 0 Å². The maximum absolute atomic E-state index is 11.9. The first-order valence-electron chi connectivity index (χ1n) is 5.36. The second kappa shape index (κ2) is 5.57. The largest absolute Gasteiger partial charge is 0.457 e. The van der Waals surface area contributed by atoms with Gasteiger partial charge in [-0.1, -0.05) is 29.3 Å². The van der Waals surface area contributed by atoms with Crippen molar-refractivity contribution >= 4 is 29.0 Å². The fourth-order valence-corrected chi connectivity index (χ4v) is 1.88. The van der Waals surface area contributed by atoms with E-state index in [0.717, 1.165) is 5.56 Å². The van der Waals surface area contributed by atoms with Crippen LogP contribution in [0.4, 0.5) is 0 Å². The van der Waals surface area contributed by atoms with Crippen LogP contribution in [0.15, 0.2) is 34.7 Å². The van der Waals surface area contributed by atoms with Crippen molar-refractivity contribution in [3.8, 4) is 0 Å². The number of Topliss-reactive ketones (excluding diaryl/α,β-unsaturated/α-hetero) is 1. The third-order valence-electron chi connectivity index (χ3n) is 2.49. The zero-order valence-electron chi connectivity index (χ0n) is 9.45. The van der Waals surface area contributed by atoms with Crippen LogP contribution in [0.3, 0.4) is 0 Å². The molecule has 0 spiro atoms. The van der Waals surface area contributed by atoms with E-state index in [0.29, 0.717) is 21.6 Å². The number of rotatable bonds is 4. The van der Waals surface area contributed by atoms with Gasteiger partial charge in [-0.25, -0.2) is 0 Å². The Morgan fingerprint density at radius 3 is 2.56 bits per heavy atom. The van der Waals surface area contributed by atoms with Crippen LogP contribution in [0.5, 0.6) is 0 Å². The Bertz CT molecular complexity index is 578. The maximum atomic E-state index is 11.9. The van der Waals surface area contributed by atoms with Crippen molar-refractivity contribution in [2.75, 3.05) is 0 Å². The highest BCUT2D eigenvalue weighted by Gasteiger charge is 2.12. The minimum Gasteiger partial charge on any atom is -0.457 e. The Morgan fingerprint density at radius 2 is 1.94 bits per heavy atom. The number of hydrogen-bond acceptors (Lipinski definition) is 3. The average Bonchev–Trinajstić information content (AvgIpc) is 2.82. The smallest absolute Gasteiger partial charge is 0.202 e. The van der Waals surface area contributed by atoms with Gasteiger partial charge in [0.1, 0.15) is 5.76 Å². The molecule has 0 aliphatic rings. The van der Waals surface area contributed by atoms with Crippen molar-refractivity contribution in [1.82, 2.24) is 0 Å². The highest BCUT2D eigenvalue weighted by atomic mass is 35.5. The molecule has 2 rings (SSSR count). The zero-order chi connectivity index (χ0) is 13.1. The van der Waals surface area contributed by atoms with E-state index in [1.165, 1.54) is 0 Å². The molecule has 0 bridgehead atoms. The number of carbonyl (C=O) groups is 1. The number of ketones is 1. The number of hydrogen-bond donors (Lipinski definition) is 1. The predicted octanol–water partition coefficient (Wildman–Crippen LogP) is 3.47. The Kier molecular flexibility index (Phi) is 4.07. The van der Waals surface area contributed by atoms with E-state index in [1.54, 1.807) is 30.3 Å². The summed E-state index contributed by atoms with van der Waals surface area (Å²) >= 11 is 11.7. The molecule has 0 saturated heterocycles. The van der Waals surface area contributed by atoms with Crippen LogP contribution in [0, 0.1) is 0 Å². The minimum absolute atomic E-state index is 0.118.